The molecule has 3 nitrogen and oxygen atoms in total. The van der Waals surface area contributed by atoms with E-state index in [4.69, 9.17) is 15.2 Å². The molecule has 2 aliphatic rings. The van der Waals surface area contributed by atoms with Gasteiger partial charge in [-0.05, 0) is 49.4 Å². The molecule has 1 aliphatic carbocycles. The monoisotopic (exact) mass is 325 g/mol. The van der Waals surface area contributed by atoms with Gasteiger partial charge in [-0.15, -0.1) is 0 Å². The van der Waals surface area contributed by atoms with E-state index < -0.39 is 0 Å². The van der Waals surface area contributed by atoms with Crippen molar-refractivity contribution in [2.45, 2.75) is 50.7 Å². The molecule has 1 unspecified atom stereocenters. The second-order valence-electron chi connectivity index (χ2n) is 5.62. The maximum atomic E-state index is 6.11. The van der Waals surface area contributed by atoms with E-state index in [9.17, 15) is 0 Å². The summed E-state index contributed by atoms with van der Waals surface area (Å²) in [4.78, 5) is 0. The van der Waals surface area contributed by atoms with Crippen molar-refractivity contribution < 1.29 is 9.47 Å². The lowest BCUT2D eigenvalue weighted by molar-refractivity contribution is -0.0716. The van der Waals surface area contributed by atoms with Gasteiger partial charge in [-0.25, -0.2) is 0 Å². The second-order valence-corrected chi connectivity index (χ2v) is 6.48. The number of halogens is 1. The van der Waals surface area contributed by atoms with Gasteiger partial charge in [0.05, 0.1) is 0 Å². The van der Waals surface area contributed by atoms with Gasteiger partial charge >= 0.3 is 0 Å². The van der Waals surface area contributed by atoms with Gasteiger partial charge in [0.15, 0.2) is 11.5 Å². The Balaban J connectivity index is 1.89. The highest BCUT2D eigenvalue weighted by molar-refractivity contribution is 9.10. The third-order valence-electron chi connectivity index (χ3n) is 4.15. The van der Waals surface area contributed by atoms with E-state index in [0.29, 0.717) is 12.5 Å². The van der Waals surface area contributed by atoms with Crippen LogP contribution >= 0.6 is 15.9 Å². The molecule has 1 aliphatic heterocycles. The summed E-state index contributed by atoms with van der Waals surface area (Å²) in [7, 11) is 0. The lowest BCUT2D eigenvalue weighted by Crippen LogP contribution is -2.34. The van der Waals surface area contributed by atoms with E-state index in [1.54, 1.807) is 0 Å². The minimum absolute atomic E-state index is 0.377. The predicted octanol–water partition coefficient (Wildman–Crippen LogP) is 3.94. The Kier molecular flexibility index (Phi) is 3.48. The van der Waals surface area contributed by atoms with Crippen LogP contribution in [-0.4, -0.2) is 12.3 Å². The number of hydrogen-bond donors (Lipinski definition) is 1. The van der Waals surface area contributed by atoms with Crippen molar-refractivity contribution in [3.63, 3.8) is 0 Å². The molecular weight excluding hydrogens is 306 g/mol. The standard InChI is InChI=1S/C15H20BrNO2/c1-10(4-7-17)11-8-13-14(9-12(11)16)19-15(18-13)5-2-3-6-15/h8-10H,2-7,17H2,1H3. The molecule has 1 heterocycles. The van der Waals surface area contributed by atoms with E-state index in [0.717, 1.165) is 35.2 Å². The van der Waals surface area contributed by atoms with E-state index in [-0.39, 0.29) is 5.79 Å². The SMILES string of the molecule is CC(CCN)c1cc2c(cc1Br)OC1(CCCC1)O2. The van der Waals surface area contributed by atoms with Crippen molar-refractivity contribution in [3.05, 3.63) is 22.2 Å². The third kappa shape index (κ3) is 2.36. The molecule has 0 amide bonds. The van der Waals surface area contributed by atoms with Crippen molar-refractivity contribution in [1.82, 2.24) is 0 Å². The Labute approximate surface area is 122 Å². The summed E-state index contributed by atoms with van der Waals surface area (Å²) in [5.74, 6) is 1.81. The van der Waals surface area contributed by atoms with Crippen molar-refractivity contribution in [2.24, 2.45) is 5.73 Å². The van der Waals surface area contributed by atoms with Crippen LogP contribution in [0.15, 0.2) is 16.6 Å². The molecule has 1 aromatic rings. The lowest BCUT2D eigenvalue weighted by atomic mass is 9.97. The third-order valence-corrected chi connectivity index (χ3v) is 4.84. The Hall–Kier alpha value is -0.740. The average molecular weight is 326 g/mol. The molecule has 1 saturated carbocycles. The van der Waals surface area contributed by atoms with E-state index in [1.165, 1.54) is 18.4 Å². The Bertz CT molecular complexity index is 483. The summed E-state index contributed by atoms with van der Waals surface area (Å²) in [6.07, 6.45) is 5.33. The molecule has 1 aromatic carbocycles. The van der Waals surface area contributed by atoms with Crippen LogP contribution in [0.4, 0.5) is 0 Å². The summed E-state index contributed by atoms with van der Waals surface area (Å²) >= 11 is 3.64. The largest absolute Gasteiger partial charge is 0.448 e. The van der Waals surface area contributed by atoms with Crippen LogP contribution in [0.2, 0.25) is 0 Å². The highest BCUT2D eigenvalue weighted by atomic mass is 79.9. The zero-order valence-corrected chi connectivity index (χ0v) is 12.8. The maximum absolute atomic E-state index is 6.11. The van der Waals surface area contributed by atoms with Gasteiger partial charge in [0.25, 0.3) is 5.79 Å². The summed E-state index contributed by atoms with van der Waals surface area (Å²) in [6.45, 7) is 2.90. The molecule has 2 N–H and O–H groups in total. The number of hydrogen-bond acceptors (Lipinski definition) is 3. The Morgan fingerprint density at radius 1 is 1.26 bits per heavy atom. The average Bonchev–Trinajstić information content (AvgIpc) is 2.95. The van der Waals surface area contributed by atoms with Crippen LogP contribution in [-0.2, 0) is 0 Å². The minimum atomic E-state index is -0.377. The maximum Gasteiger partial charge on any atom is 0.251 e. The summed E-state index contributed by atoms with van der Waals surface area (Å²) in [5.41, 5.74) is 6.91. The molecule has 1 spiro atoms. The first-order chi connectivity index (χ1) is 9.13. The fourth-order valence-corrected chi connectivity index (χ4v) is 3.75. The van der Waals surface area contributed by atoms with Crippen LogP contribution in [0.1, 0.15) is 50.5 Å². The zero-order valence-electron chi connectivity index (χ0n) is 11.2. The number of ether oxygens (including phenoxy) is 2. The van der Waals surface area contributed by atoms with Crippen LogP contribution in [0, 0.1) is 0 Å². The highest BCUT2D eigenvalue weighted by Gasteiger charge is 2.44. The van der Waals surface area contributed by atoms with Gasteiger partial charge in [-0.3, -0.25) is 0 Å². The quantitative estimate of drug-likeness (QED) is 0.915. The second kappa shape index (κ2) is 4.98. The molecule has 4 heteroatoms. The number of nitrogens with two attached hydrogens (primary N) is 1. The molecule has 0 radical (unpaired) electrons. The smallest absolute Gasteiger partial charge is 0.251 e. The summed E-state index contributed by atoms with van der Waals surface area (Å²) in [5, 5.41) is 0. The molecule has 3 rings (SSSR count). The molecule has 104 valence electrons. The van der Waals surface area contributed by atoms with Gasteiger partial charge < -0.3 is 15.2 Å². The van der Waals surface area contributed by atoms with Gasteiger partial charge in [0.1, 0.15) is 0 Å². The van der Waals surface area contributed by atoms with Gasteiger partial charge in [0.2, 0.25) is 0 Å². The van der Waals surface area contributed by atoms with Crippen LogP contribution < -0.4 is 15.2 Å². The van der Waals surface area contributed by atoms with Crippen molar-refractivity contribution in [3.8, 4) is 11.5 Å². The Morgan fingerprint density at radius 3 is 2.53 bits per heavy atom. The zero-order chi connectivity index (χ0) is 13.5. The molecule has 1 fully saturated rings. The summed E-state index contributed by atoms with van der Waals surface area (Å²) in [6, 6.07) is 4.16. The number of benzene rings is 1. The van der Waals surface area contributed by atoms with Crippen LogP contribution in [0.25, 0.3) is 0 Å². The normalized spacial score (nSPS) is 21.0. The van der Waals surface area contributed by atoms with Crippen molar-refractivity contribution in [1.29, 1.82) is 0 Å². The molecule has 19 heavy (non-hydrogen) atoms. The number of rotatable bonds is 3. The molecule has 0 bridgehead atoms. The lowest BCUT2D eigenvalue weighted by Gasteiger charge is -2.21. The first-order valence-corrected chi connectivity index (χ1v) is 7.84. The van der Waals surface area contributed by atoms with Crippen molar-refractivity contribution >= 4 is 15.9 Å². The topological polar surface area (TPSA) is 44.5 Å². The van der Waals surface area contributed by atoms with Crippen LogP contribution in [0.3, 0.4) is 0 Å². The molecule has 1 atom stereocenters. The van der Waals surface area contributed by atoms with Gasteiger partial charge in [-0.2, -0.15) is 0 Å². The van der Waals surface area contributed by atoms with Gasteiger partial charge in [0, 0.05) is 17.3 Å². The fraction of sp³-hybridized carbons (Fsp3) is 0.600. The van der Waals surface area contributed by atoms with E-state index >= 15 is 0 Å². The highest BCUT2D eigenvalue weighted by Crippen LogP contribution is 2.49. The predicted molar refractivity (Wildman–Crippen MR) is 78.7 cm³/mol. The van der Waals surface area contributed by atoms with E-state index in [1.807, 2.05) is 6.07 Å². The van der Waals surface area contributed by atoms with Crippen molar-refractivity contribution in [2.75, 3.05) is 6.54 Å². The molecule has 0 aromatic heterocycles. The Morgan fingerprint density at radius 2 is 1.89 bits per heavy atom. The fourth-order valence-electron chi connectivity index (χ4n) is 3.03. The van der Waals surface area contributed by atoms with E-state index in [2.05, 4.69) is 28.9 Å². The van der Waals surface area contributed by atoms with Gasteiger partial charge in [-0.1, -0.05) is 22.9 Å². The first kappa shape index (κ1) is 13.3. The number of fused-ring (bicyclic) bond motifs is 1. The molecule has 0 saturated heterocycles. The van der Waals surface area contributed by atoms with Crippen LogP contribution in [0.5, 0.6) is 11.5 Å². The molecular formula is C15H20BrNO2. The summed E-state index contributed by atoms with van der Waals surface area (Å²) < 4.78 is 13.2. The first-order valence-electron chi connectivity index (χ1n) is 7.05. The minimum Gasteiger partial charge on any atom is -0.448 e.